The van der Waals surface area contributed by atoms with Crippen molar-refractivity contribution in [1.29, 1.82) is 0 Å². The van der Waals surface area contributed by atoms with E-state index in [0.717, 1.165) is 6.42 Å². The Labute approximate surface area is 147 Å². The molecule has 0 spiro atoms. The van der Waals surface area contributed by atoms with Gasteiger partial charge in [0.15, 0.2) is 0 Å². The van der Waals surface area contributed by atoms with Crippen molar-refractivity contribution in [3.05, 3.63) is 0 Å². The zero-order valence-electron chi connectivity index (χ0n) is 14.7. The highest BCUT2D eigenvalue weighted by Gasteiger charge is 2.38. The predicted octanol–water partition coefficient (Wildman–Crippen LogP) is -0.814. The van der Waals surface area contributed by atoms with E-state index in [9.17, 15) is 24.3 Å². The largest absolute Gasteiger partial charge is 0.480 e. The van der Waals surface area contributed by atoms with Crippen molar-refractivity contribution in [2.24, 2.45) is 17.4 Å². The molecule has 142 valence electrons. The Bertz CT molecular complexity index is 525. The summed E-state index contributed by atoms with van der Waals surface area (Å²) < 4.78 is 0. The van der Waals surface area contributed by atoms with Crippen molar-refractivity contribution in [1.82, 2.24) is 10.2 Å². The molecule has 0 aromatic rings. The number of carbonyl (C=O) groups excluding carboxylic acids is 3. The van der Waals surface area contributed by atoms with E-state index in [1.807, 2.05) is 13.8 Å². The molecule has 4 unspecified atom stereocenters. The first kappa shape index (κ1) is 20.9. The van der Waals surface area contributed by atoms with Crippen LogP contribution in [0, 0.1) is 5.92 Å². The lowest BCUT2D eigenvalue weighted by Gasteiger charge is -2.29. The molecule has 1 heterocycles. The van der Waals surface area contributed by atoms with Crippen LogP contribution in [0.3, 0.4) is 0 Å². The van der Waals surface area contributed by atoms with Gasteiger partial charge in [0, 0.05) is 13.0 Å². The number of rotatable bonds is 9. The van der Waals surface area contributed by atoms with Gasteiger partial charge in [0.1, 0.15) is 12.1 Å². The Morgan fingerprint density at radius 2 is 1.96 bits per heavy atom. The molecule has 0 aliphatic carbocycles. The third kappa shape index (κ3) is 5.70. The Kier molecular flexibility index (Phi) is 7.82. The zero-order chi connectivity index (χ0) is 19.1. The number of nitrogens with zero attached hydrogens (tertiary/aromatic N) is 1. The molecular weight excluding hydrogens is 328 g/mol. The first-order valence-electron chi connectivity index (χ1n) is 8.56. The van der Waals surface area contributed by atoms with Crippen molar-refractivity contribution in [2.75, 3.05) is 6.54 Å². The van der Waals surface area contributed by atoms with E-state index in [2.05, 4.69) is 5.32 Å². The third-order valence-corrected chi connectivity index (χ3v) is 4.67. The smallest absolute Gasteiger partial charge is 0.326 e. The second kappa shape index (κ2) is 9.36. The van der Waals surface area contributed by atoms with Gasteiger partial charge in [0.25, 0.3) is 0 Å². The summed E-state index contributed by atoms with van der Waals surface area (Å²) in [5.74, 6) is -2.74. The fourth-order valence-corrected chi connectivity index (χ4v) is 2.80. The van der Waals surface area contributed by atoms with Crippen molar-refractivity contribution < 1.29 is 24.3 Å². The molecule has 1 fully saturated rings. The molecule has 1 aliphatic rings. The Morgan fingerprint density at radius 1 is 1.32 bits per heavy atom. The van der Waals surface area contributed by atoms with Gasteiger partial charge >= 0.3 is 5.97 Å². The number of likely N-dealkylation sites (tertiary alicyclic amines) is 1. The van der Waals surface area contributed by atoms with Gasteiger partial charge in [0.2, 0.25) is 17.7 Å². The van der Waals surface area contributed by atoms with E-state index in [4.69, 9.17) is 11.5 Å². The number of carboxylic acid groups (broad SMARTS) is 1. The zero-order valence-corrected chi connectivity index (χ0v) is 14.7. The van der Waals surface area contributed by atoms with E-state index >= 15 is 0 Å². The lowest BCUT2D eigenvalue weighted by molar-refractivity contribution is -0.144. The lowest BCUT2D eigenvalue weighted by atomic mass is 9.98. The topological polar surface area (TPSA) is 156 Å². The summed E-state index contributed by atoms with van der Waals surface area (Å²) >= 11 is 0. The predicted molar refractivity (Wildman–Crippen MR) is 90.2 cm³/mol. The number of carboxylic acids is 1. The van der Waals surface area contributed by atoms with Crippen molar-refractivity contribution >= 4 is 23.7 Å². The molecule has 25 heavy (non-hydrogen) atoms. The summed E-state index contributed by atoms with van der Waals surface area (Å²) in [5.41, 5.74) is 11.0. The molecule has 0 aromatic heterocycles. The number of aliphatic carboxylic acids is 1. The van der Waals surface area contributed by atoms with Crippen LogP contribution in [0.25, 0.3) is 0 Å². The van der Waals surface area contributed by atoms with Gasteiger partial charge < -0.3 is 26.8 Å². The van der Waals surface area contributed by atoms with Gasteiger partial charge in [-0.3, -0.25) is 14.4 Å². The van der Waals surface area contributed by atoms with Crippen LogP contribution in [0.15, 0.2) is 0 Å². The third-order valence-electron chi connectivity index (χ3n) is 4.67. The van der Waals surface area contributed by atoms with E-state index in [1.165, 1.54) is 4.90 Å². The average molecular weight is 356 g/mol. The second-order valence-electron chi connectivity index (χ2n) is 6.51. The monoisotopic (exact) mass is 356 g/mol. The molecule has 4 atom stereocenters. The average Bonchev–Trinajstić information content (AvgIpc) is 3.05. The summed E-state index contributed by atoms with van der Waals surface area (Å²) in [6, 6.07) is -2.65. The molecule has 9 heteroatoms. The standard InChI is InChI=1S/C16H28N4O5/c1-3-9(2)13(18)15(23)20-8-4-5-11(20)14(22)19-10(16(24)25)6-7-12(17)21/h9-11,13H,3-8,18H2,1-2H3,(H2,17,21)(H,19,22)(H,24,25). The van der Waals surface area contributed by atoms with E-state index < -0.39 is 35.9 Å². The molecule has 0 radical (unpaired) electrons. The number of carbonyl (C=O) groups is 4. The Morgan fingerprint density at radius 3 is 2.48 bits per heavy atom. The van der Waals surface area contributed by atoms with Crippen LogP contribution in [0.1, 0.15) is 46.0 Å². The van der Waals surface area contributed by atoms with E-state index in [0.29, 0.717) is 19.4 Å². The molecule has 1 rings (SSSR count). The quantitative estimate of drug-likeness (QED) is 0.423. The number of nitrogens with two attached hydrogens (primary N) is 2. The van der Waals surface area contributed by atoms with Crippen molar-refractivity contribution in [2.45, 2.75) is 64.1 Å². The van der Waals surface area contributed by atoms with Crippen LogP contribution in [0.2, 0.25) is 0 Å². The van der Waals surface area contributed by atoms with E-state index in [-0.39, 0.29) is 24.7 Å². The number of hydrogen-bond donors (Lipinski definition) is 4. The van der Waals surface area contributed by atoms with Crippen molar-refractivity contribution in [3.8, 4) is 0 Å². The fraction of sp³-hybridized carbons (Fsp3) is 0.750. The summed E-state index contributed by atoms with van der Waals surface area (Å²) in [4.78, 5) is 48.5. The highest BCUT2D eigenvalue weighted by molar-refractivity contribution is 5.92. The minimum absolute atomic E-state index is 0.0147. The number of nitrogens with one attached hydrogen (secondary N) is 1. The number of hydrogen-bond acceptors (Lipinski definition) is 5. The van der Waals surface area contributed by atoms with Gasteiger partial charge in [-0.15, -0.1) is 0 Å². The normalized spacial score (nSPS) is 20.6. The van der Waals surface area contributed by atoms with Crippen LogP contribution in [0.5, 0.6) is 0 Å². The van der Waals surface area contributed by atoms with Gasteiger partial charge in [-0.2, -0.15) is 0 Å². The maximum atomic E-state index is 12.5. The van der Waals surface area contributed by atoms with Crippen LogP contribution >= 0.6 is 0 Å². The van der Waals surface area contributed by atoms with Gasteiger partial charge in [-0.05, 0) is 25.2 Å². The van der Waals surface area contributed by atoms with Gasteiger partial charge in [-0.25, -0.2) is 4.79 Å². The number of amides is 3. The SMILES string of the molecule is CCC(C)C(N)C(=O)N1CCCC1C(=O)NC(CCC(N)=O)C(=O)O. The van der Waals surface area contributed by atoms with Crippen LogP contribution < -0.4 is 16.8 Å². The summed E-state index contributed by atoms with van der Waals surface area (Å²) in [6.07, 6.45) is 1.60. The minimum Gasteiger partial charge on any atom is -0.480 e. The van der Waals surface area contributed by atoms with Gasteiger partial charge in [-0.1, -0.05) is 20.3 Å². The molecule has 0 aromatic carbocycles. The molecule has 6 N–H and O–H groups in total. The molecule has 1 saturated heterocycles. The molecule has 9 nitrogen and oxygen atoms in total. The van der Waals surface area contributed by atoms with Crippen LogP contribution in [-0.4, -0.2) is 58.4 Å². The highest BCUT2D eigenvalue weighted by Crippen LogP contribution is 2.20. The second-order valence-corrected chi connectivity index (χ2v) is 6.51. The van der Waals surface area contributed by atoms with Crippen molar-refractivity contribution in [3.63, 3.8) is 0 Å². The first-order valence-corrected chi connectivity index (χ1v) is 8.56. The number of primary amides is 1. The van der Waals surface area contributed by atoms with Crippen LogP contribution in [0.4, 0.5) is 0 Å². The molecule has 0 bridgehead atoms. The fourth-order valence-electron chi connectivity index (χ4n) is 2.80. The maximum Gasteiger partial charge on any atom is 0.326 e. The molecule has 1 aliphatic heterocycles. The van der Waals surface area contributed by atoms with Gasteiger partial charge in [0.05, 0.1) is 6.04 Å². The molecular formula is C16H28N4O5. The highest BCUT2D eigenvalue weighted by atomic mass is 16.4. The minimum atomic E-state index is -1.25. The summed E-state index contributed by atoms with van der Waals surface area (Å²) in [6.45, 7) is 4.22. The Hall–Kier alpha value is -2.16. The summed E-state index contributed by atoms with van der Waals surface area (Å²) in [5, 5.41) is 11.6. The molecule has 3 amide bonds. The van der Waals surface area contributed by atoms with E-state index in [1.54, 1.807) is 0 Å². The van der Waals surface area contributed by atoms with Crippen LogP contribution in [-0.2, 0) is 19.2 Å². The molecule has 0 saturated carbocycles. The Balaban J connectivity index is 2.76. The maximum absolute atomic E-state index is 12.5. The summed E-state index contributed by atoms with van der Waals surface area (Å²) in [7, 11) is 0. The lowest BCUT2D eigenvalue weighted by Crippen LogP contribution is -2.55. The first-order chi connectivity index (χ1) is 11.7.